The van der Waals surface area contributed by atoms with E-state index in [1.807, 2.05) is 0 Å². The van der Waals surface area contributed by atoms with Gasteiger partial charge in [0.05, 0.1) is 31.3 Å². The lowest BCUT2D eigenvalue weighted by Crippen LogP contribution is -2.39. The molecule has 1 heterocycles. The number of hydrogen-bond donors (Lipinski definition) is 1. The molecule has 1 fully saturated rings. The van der Waals surface area contributed by atoms with Crippen LogP contribution in [0.4, 0.5) is 0 Å². The third kappa shape index (κ3) is 9.97. The van der Waals surface area contributed by atoms with E-state index in [1.54, 1.807) is 45.0 Å². The molecule has 1 aromatic rings. The van der Waals surface area contributed by atoms with Crippen LogP contribution in [0.5, 0.6) is 5.75 Å². The molecule has 1 aliphatic rings. The van der Waals surface area contributed by atoms with Crippen molar-refractivity contribution in [3.05, 3.63) is 23.3 Å². The number of rotatable bonds is 18. The van der Waals surface area contributed by atoms with Gasteiger partial charge < -0.3 is 24.0 Å². The first-order valence-electron chi connectivity index (χ1n) is 13.0. The topological polar surface area (TPSA) is 97.4 Å². The van der Waals surface area contributed by atoms with E-state index in [0.717, 1.165) is 38.8 Å². The number of benzene rings is 1. The first-order valence-corrected chi connectivity index (χ1v) is 14.5. The van der Waals surface area contributed by atoms with Gasteiger partial charge in [-0.1, -0.05) is 13.3 Å². The number of nitrogens with one attached hydrogen (secondary N) is 1. The monoisotopic (exact) mass is 527 g/mol. The molecule has 1 aliphatic heterocycles. The Kier molecular flexibility index (Phi) is 13.1. The maximum Gasteiger partial charge on any atom is 0.248 e. The van der Waals surface area contributed by atoms with Crippen molar-refractivity contribution in [3.63, 3.8) is 0 Å². The van der Waals surface area contributed by atoms with Gasteiger partial charge in [0.1, 0.15) is 12.4 Å². The summed E-state index contributed by atoms with van der Waals surface area (Å²) in [6.45, 7) is 10.5. The van der Waals surface area contributed by atoms with E-state index in [4.69, 9.17) is 14.2 Å². The van der Waals surface area contributed by atoms with Crippen LogP contribution in [0.3, 0.4) is 0 Å². The van der Waals surface area contributed by atoms with Gasteiger partial charge in [0.15, 0.2) is 0 Å². The Labute approximate surface area is 217 Å². The van der Waals surface area contributed by atoms with Crippen molar-refractivity contribution in [1.82, 2.24) is 14.5 Å². The second-order valence-electron chi connectivity index (χ2n) is 9.47. The summed E-state index contributed by atoms with van der Waals surface area (Å²) in [5, 5.41) is 0. The Hall–Kier alpha value is -1.72. The van der Waals surface area contributed by atoms with Crippen LogP contribution >= 0.6 is 0 Å². The third-order valence-corrected chi connectivity index (χ3v) is 8.23. The molecule has 0 spiro atoms. The zero-order valence-corrected chi connectivity index (χ0v) is 23.5. The average Bonchev–Trinajstić information content (AvgIpc) is 2.79. The standard InChI is InChI=1S/C26H45N3O6S/c1-6-9-23(35-17-15-29-13-8-14-29)10-7-12-28(4)25(30)20-34-16-11-27-36(31,32)26-21(2)18-24(33-5)19-22(26)3/h18-19,23,27H,6-17,20H2,1-5H3/t23-/m1/s1. The molecule has 10 heteroatoms. The van der Waals surface area contributed by atoms with Gasteiger partial charge >= 0.3 is 0 Å². The van der Waals surface area contributed by atoms with E-state index in [9.17, 15) is 13.2 Å². The van der Waals surface area contributed by atoms with E-state index < -0.39 is 10.0 Å². The summed E-state index contributed by atoms with van der Waals surface area (Å²) in [4.78, 5) is 16.7. The van der Waals surface area contributed by atoms with Crippen LogP contribution < -0.4 is 9.46 Å². The maximum atomic E-state index is 12.7. The minimum Gasteiger partial charge on any atom is -0.497 e. The summed E-state index contributed by atoms with van der Waals surface area (Å²) >= 11 is 0. The van der Waals surface area contributed by atoms with Gasteiger partial charge in [-0.05, 0) is 75.9 Å². The molecule has 206 valence electrons. The second kappa shape index (κ2) is 15.5. The highest BCUT2D eigenvalue weighted by molar-refractivity contribution is 7.89. The summed E-state index contributed by atoms with van der Waals surface area (Å²) in [6, 6.07) is 3.38. The smallest absolute Gasteiger partial charge is 0.248 e. The van der Waals surface area contributed by atoms with Crippen LogP contribution in [0.25, 0.3) is 0 Å². The van der Waals surface area contributed by atoms with Crippen LogP contribution in [0, 0.1) is 13.8 Å². The van der Waals surface area contributed by atoms with Gasteiger partial charge in [0, 0.05) is 26.7 Å². The highest BCUT2D eigenvalue weighted by atomic mass is 32.2. The van der Waals surface area contributed by atoms with Crippen molar-refractivity contribution in [1.29, 1.82) is 0 Å². The molecule has 1 amide bonds. The summed E-state index contributed by atoms with van der Waals surface area (Å²) < 4.78 is 44.7. The Bertz CT molecular complexity index is 897. The highest BCUT2D eigenvalue weighted by Gasteiger charge is 2.20. The molecular weight excluding hydrogens is 482 g/mol. The van der Waals surface area contributed by atoms with Crippen LogP contribution in [0.1, 0.15) is 50.2 Å². The van der Waals surface area contributed by atoms with Gasteiger partial charge in [0.2, 0.25) is 15.9 Å². The van der Waals surface area contributed by atoms with Crippen molar-refractivity contribution in [2.24, 2.45) is 0 Å². The zero-order valence-electron chi connectivity index (χ0n) is 22.7. The summed E-state index contributed by atoms with van der Waals surface area (Å²) in [6.07, 6.45) is 5.45. The molecule has 0 unspecified atom stereocenters. The molecule has 36 heavy (non-hydrogen) atoms. The number of carbonyl (C=O) groups is 1. The molecule has 1 atom stereocenters. The molecule has 1 N–H and O–H groups in total. The third-order valence-electron chi connectivity index (χ3n) is 6.47. The van der Waals surface area contributed by atoms with Crippen molar-refractivity contribution >= 4 is 15.9 Å². The first-order chi connectivity index (χ1) is 17.2. The largest absolute Gasteiger partial charge is 0.497 e. The van der Waals surface area contributed by atoms with E-state index in [-0.39, 0.29) is 36.7 Å². The van der Waals surface area contributed by atoms with Crippen LogP contribution in [-0.4, -0.2) is 96.9 Å². The van der Waals surface area contributed by atoms with Crippen LogP contribution in [-0.2, 0) is 24.3 Å². The van der Waals surface area contributed by atoms with Gasteiger partial charge in [-0.25, -0.2) is 13.1 Å². The molecule has 1 saturated heterocycles. The van der Waals surface area contributed by atoms with Crippen molar-refractivity contribution in [2.75, 3.05) is 66.7 Å². The Balaban J connectivity index is 1.64. The van der Waals surface area contributed by atoms with Crippen LogP contribution in [0.2, 0.25) is 0 Å². The van der Waals surface area contributed by atoms with E-state index in [1.165, 1.54) is 19.5 Å². The predicted molar refractivity (Wildman–Crippen MR) is 141 cm³/mol. The Morgan fingerprint density at radius 2 is 1.86 bits per heavy atom. The number of methoxy groups -OCH3 is 1. The molecule has 2 rings (SSSR count). The number of nitrogens with zero attached hydrogens (tertiary/aromatic N) is 2. The maximum absolute atomic E-state index is 12.7. The Morgan fingerprint density at radius 1 is 1.17 bits per heavy atom. The number of hydrogen-bond acceptors (Lipinski definition) is 7. The number of amides is 1. The number of aryl methyl sites for hydroxylation is 2. The van der Waals surface area contributed by atoms with Crippen molar-refractivity contribution < 1.29 is 27.4 Å². The lowest BCUT2D eigenvalue weighted by molar-refractivity contribution is -0.134. The quantitative estimate of drug-likeness (QED) is 0.293. The fourth-order valence-electron chi connectivity index (χ4n) is 4.31. The molecule has 0 saturated carbocycles. The molecule has 0 aliphatic carbocycles. The molecule has 0 bridgehead atoms. The molecule has 1 aromatic carbocycles. The number of likely N-dealkylation sites (tertiary alicyclic amines) is 1. The van der Waals surface area contributed by atoms with E-state index >= 15 is 0 Å². The zero-order chi connectivity index (χ0) is 26.6. The van der Waals surface area contributed by atoms with Gasteiger partial charge in [-0.15, -0.1) is 0 Å². The van der Waals surface area contributed by atoms with Gasteiger partial charge in [-0.2, -0.15) is 0 Å². The first kappa shape index (κ1) is 30.5. The number of sulfonamides is 1. The number of carbonyl (C=O) groups excluding carboxylic acids is 1. The van der Waals surface area contributed by atoms with Gasteiger partial charge in [-0.3, -0.25) is 4.79 Å². The minimum atomic E-state index is -3.69. The van der Waals surface area contributed by atoms with Crippen molar-refractivity contribution in [2.45, 2.75) is 63.9 Å². The fourth-order valence-corrected chi connectivity index (χ4v) is 5.77. The lowest BCUT2D eigenvalue weighted by atomic mass is 10.1. The molecule has 0 aromatic heterocycles. The average molecular weight is 528 g/mol. The minimum absolute atomic E-state index is 0.0798. The lowest BCUT2D eigenvalue weighted by Gasteiger charge is -2.31. The van der Waals surface area contributed by atoms with Gasteiger partial charge in [0.25, 0.3) is 0 Å². The molecule has 0 radical (unpaired) electrons. The number of likely N-dealkylation sites (N-methyl/N-ethyl adjacent to an activating group) is 1. The normalized spacial score (nSPS) is 14.9. The van der Waals surface area contributed by atoms with E-state index in [2.05, 4.69) is 16.5 Å². The highest BCUT2D eigenvalue weighted by Crippen LogP contribution is 2.25. The molecule has 9 nitrogen and oxygen atoms in total. The molecular formula is C26H45N3O6S. The SMILES string of the molecule is CCC[C@H](CCCN(C)C(=O)COCCNS(=O)(=O)c1c(C)cc(OC)cc1C)OCCN1CCC1. The van der Waals surface area contributed by atoms with E-state index in [0.29, 0.717) is 23.4 Å². The predicted octanol–water partition coefficient (Wildman–Crippen LogP) is 2.74. The fraction of sp³-hybridized carbons (Fsp3) is 0.731. The Morgan fingerprint density at radius 3 is 2.44 bits per heavy atom. The second-order valence-corrected chi connectivity index (χ2v) is 11.2. The van der Waals surface area contributed by atoms with Crippen LogP contribution in [0.15, 0.2) is 17.0 Å². The summed E-state index contributed by atoms with van der Waals surface area (Å²) in [5.74, 6) is 0.496. The summed E-state index contributed by atoms with van der Waals surface area (Å²) in [7, 11) is -0.381. The summed E-state index contributed by atoms with van der Waals surface area (Å²) in [5.41, 5.74) is 1.22. The number of ether oxygens (including phenoxy) is 3. The van der Waals surface area contributed by atoms with Crippen molar-refractivity contribution in [3.8, 4) is 5.75 Å².